The fourth-order valence-electron chi connectivity index (χ4n) is 3.86. The third-order valence-electron chi connectivity index (χ3n) is 5.79. The van der Waals surface area contributed by atoms with Gasteiger partial charge in [0.05, 0.1) is 0 Å². The summed E-state index contributed by atoms with van der Waals surface area (Å²) >= 11 is 0. The van der Waals surface area contributed by atoms with Crippen LogP contribution in [-0.2, 0) is 30.3 Å². The van der Waals surface area contributed by atoms with Gasteiger partial charge in [0.1, 0.15) is 5.54 Å². The van der Waals surface area contributed by atoms with Gasteiger partial charge in [0, 0.05) is 0 Å². The van der Waals surface area contributed by atoms with Crippen LogP contribution in [0.5, 0.6) is 0 Å². The standard InChI is InChI=1S/C26H23N3O6/c1-25(18-11-5-2-6-12-18)22(31)29(24(33)27-25)28-21(30)17-35-23(32)26(34,19-13-7-3-8-14-19)20-15-9-4-10-16-20/h2-16,34H,17H2,1H3,(H,27,33)(H,28,30)/t25-/m1/s1. The number of hydrogen-bond acceptors (Lipinski definition) is 6. The summed E-state index contributed by atoms with van der Waals surface area (Å²) < 4.78 is 5.12. The average Bonchev–Trinajstić information content (AvgIpc) is 3.12. The molecule has 1 fully saturated rings. The molecule has 0 bridgehead atoms. The second kappa shape index (κ2) is 9.40. The molecule has 0 radical (unpaired) electrons. The van der Waals surface area contributed by atoms with Gasteiger partial charge in [-0.15, -0.1) is 0 Å². The molecule has 0 aliphatic carbocycles. The molecule has 1 aliphatic heterocycles. The number of urea groups is 1. The molecule has 9 heteroatoms. The van der Waals surface area contributed by atoms with E-state index in [0.29, 0.717) is 10.6 Å². The lowest BCUT2D eigenvalue weighted by Crippen LogP contribution is -2.49. The molecule has 0 aromatic heterocycles. The van der Waals surface area contributed by atoms with Crippen LogP contribution in [0.25, 0.3) is 0 Å². The molecule has 0 unspecified atom stereocenters. The topological polar surface area (TPSA) is 125 Å². The van der Waals surface area contributed by atoms with Crippen LogP contribution >= 0.6 is 0 Å². The molecule has 1 saturated heterocycles. The van der Waals surface area contributed by atoms with Crippen molar-refractivity contribution in [1.29, 1.82) is 0 Å². The first-order chi connectivity index (χ1) is 16.8. The summed E-state index contributed by atoms with van der Waals surface area (Å²) in [5.41, 5.74) is -0.332. The summed E-state index contributed by atoms with van der Waals surface area (Å²) in [7, 11) is 0. The van der Waals surface area contributed by atoms with Gasteiger partial charge in [0.15, 0.2) is 6.61 Å². The first kappa shape index (κ1) is 23.7. The maximum Gasteiger partial charge on any atom is 0.348 e. The molecule has 3 aromatic rings. The highest BCUT2D eigenvalue weighted by Crippen LogP contribution is 2.31. The molecule has 0 saturated carbocycles. The smallest absolute Gasteiger partial charge is 0.348 e. The Morgan fingerprint density at radius 2 is 1.40 bits per heavy atom. The van der Waals surface area contributed by atoms with Crippen LogP contribution in [-0.4, -0.2) is 40.5 Å². The van der Waals surface area contributed by atoms with Gasteiger partial charge in [0.2, 0.25) is 5.60 Å². The summed E-state index contributed by atoms with van der Waals surface area (Å²) in [5.74, 6) is -2.71. The maximum absolute atomic E-state index is 13.0. The third-order valence-corrected chi connectivity index (χ3v) is 5.79. The molecule has 1 aliphatic rings. The molecular formula is C26H23N3O6. The number of amides is 4. The molecule has 178 valence electrons. The van der Waals surface area contributed by atoms with E-state index in [-0.39, 0.29) is 11.1 Å². The summed E-state index contributed by atoms with van der Waals surface area (Å²) in [6.07, 6.45) is 0. The van der Waals surface area contributed by atoms with Crippen molar-refractivity contribution in [2.75, 3.05) is 6.61 Å². The van der Waals surface area contributed by atoms with Crippen molar-refractivity contribution >= 4 is 23.8 Å². The van der Waals surface area contributed by atoms with Gasteiger partial charge in [-0.25, -0.2) is 9.59 Å². The highest BCUT2D eigenvalue weighted by Gasteiger charge is 2.50. The monoisotopic (exact) mass is 473 g/mol. The molecule has 35 heavy (non-hydrogen) atoms. The van der Waals surface area contributed by atoms with E-state index < -0.39 is 41.6 Å². The average molecular weight is 473 g/mol. The van der Waals surface area contributed by atoms with E-state index in [4.69, 9.17) is 4.74 Å². The molecule has 3 aromatic carbocycles. The van der Waals surface area contributed by atoms with Crippen molar-refractivity contribution in [2.45, 2.75) is 18.1 Å². The SMILES string of the molecule is C[C@]1(c2ccccc2)NC(=O)N(NC(=O)COC(=O)C(O)(c2ccccc2)c2ccccc2)C1=O. The van der Waals surface area contributed by atoms with E-state index in [9.17, 15) is 24.3 Å². The molecular weight excluding hydrogens is 450 g/mol. The number of benzene rings is 3. The van der Waals surface area contributed by atoms with Crippen LogP contribution in [0.3, 0.4) is 0 Å². The van der Waals surface area contributed by atoms with Gasteiger partial charge in [0.25, 0.3) is 11.8 Å². The van der Waals surface area contributed by atoms with Crippen molar-refractivity contribution in [2.24, 2.45) is 0 Å². The third kappa shape index (κ3) is 4.36. The number of aliphatic hydroxyl groups is 1. The number of rotatable bonds is 7. The van der Waals surface area contributed by atoms with Gasteiger partial charge < -0.3 is 15.2 Å². The summed E-state index contributed by atoms with van der Waals surface area (Å²) in [4.78, 5) is 50.8. The molecule has 0 spiro atoms. The molecule has 3 N–H and O–H groups in total. The second-order valence-corrected chi connectivity index (χ2v) is 8.12. The minimum Gasteiger partial charge on any atom is -0.453 e. The lowest BCUT2D eigenvalue weighted by Gasteiger charge is -2.27. The van der Waals surface area contributed by atoms with Crippen molar-refractivity contribution in [3.05, 3.63) is 108 Å². The van der Waals surface area contributed by atoms with Crippen LogP contribution in [0.4, 0.5) is 4.79 Å². The number of imide groups is 1. The van der Waals surface area contributed by atoms with E-state index in [1.165, 1.54) is 6.92 Å². The number of ether oxygens (including phenoxy) is 1. The Labute approximate surface area is 201 Å². The first-order valence-electron chi connectivity index (χ1n) is 10.8. The highest BCUT2D eigenvalue weighted by molar-refractivity contribution is 6.08. The number of carbonyl (C=O) groups is 4. The summed E-state index contributed by atoms with van der Waals surface area (Å²) in [5, 5.41) is 14.5. The first-order valence-corrected chi connectivity index (χ1v) is 10.8. The van der Waals surface area contributed by atoms with Gasteiger partial charge in [-0.1, -0.05) is 91.0 Å². The molecule has 9 nitrogen and oxygen atoms in total. The van der Waals surface area contributed by atoms with E-state index in [0.717, 1.165) is 0 Å². The van der Waals surface area contributed by atoms with Crippen LogP contribution < -0.4 is 10.7 Å². The zero-order chi connectivity index (χ0) is 25.1. The molecule has 4 rings (SSSR count). The van der Waals surface area contributed by atoms with Crippen LogP contribution in [0.1, 0.15) is 23.6 Å². The fraction of sp³-hybridized carbons (Fsp3) is 0.154. The predicted molar refractivity (Wildman–Crippen MR) is 124 cm³/mol. The summed E-state index contributed by atoms with van der Waals surface area (Å²) in [6.45, 7) is 0.689. The Morgan fingerprint density at radius 1 is 0.914 bits per heavy atom. The lowest BCUT2D eigenvalue weighted by atomic mass is 9.86. The molecule has 1 heterocycles. The van der Waals surface area contributed by atoms with Crippen molar-refractivity contribution < 1.29 is 29.0 Å². The van der Waals surface area contributed by atoms with Crippen molar-refractivity contribution in [3.8, 4) is 0 Å². The van der Waals surface area contributed by atoms with Gasteiger partial charge >= 0.3 is 12.0 Å². The van der Waals surface area contributed by atoms with Crippen LogP contribution in [0.15, 0.2) is 91.0 Å². The molecule has 4 amide bonds. The zero-order valence-electron chi connectivity index (χ0n) is 18.8. The van der Waals surface area contributed by atoms with E-state index in [1.54, 1.807) is 91.0 Å². The van der Waals surface area contributed by atoms with Gasteiger partial charge in [-0.05, 0) is 23.6 Å². The van der Waals surface area contributed by atoms with E-state index in [2.05, 4.69) is 10.7 Å². The van der Waals surface area contributed by atoms with Gasteiger partial charge in [-0.3, -0.25) is 15.0 Å². The normalized spacial score (nSPS) is 17.6. The highest BCUT2D eigenvalue weighted by atomic mass is 16.6. The molecule has 1 atom stereocenters. The Bertz CT molecular complexity index is 1210. The number of nitrogens with zero attached hydrogens (tertiary/aromatic N) is 1. The number of carbonyl (C=O) groups excluding carboxylic acids is 4. The van der Waals surface area contributed by atoms with E-state index >= 15 is 0 Å². The largest absolute Gasteiger partial charge is 0.453 e. The van der Waals surface area contributed by atoms with Gasteiger partial charge in [-0.2, -0.15) is 5.01 Å². The Morgan fingerprint density at radius 3 is 1.91 bits per heavy atom. The Balaban J connectivity index is 1.47. The number of nitrogens with one attached hydrogen (secondary N) is 2. The minimum atomic E-state index is -2.17. The lowest BCUT2D eigenvalue weighted by molar-refractivity contribution is -0.165. The van der Waals surface area contributed by atoms with E-state index in [1.807, 2.05) is 0 Å². The van der Waals surface area contributed by atoms with Crippen molar-refractivity contribution in [1.82, 2.24) is 15.8 Å². The quantitative estimate of drug-likeness (QED) is 0.356. The summed E-state index contributed by atoms with van der Waals surface area (Å²) in [6, 6.07) is 24.1. The van der Waals surface area contributed by atoms with Crippen molar-refractivity contribution in [3.63, 3.8) is 0 Å². The maximum atomic E-state index is 13.0. The number of hydrogen-bond donors (Lipinski definition) is 3. The fourth-order valence-corrected chi connectivity index (χ4v) is 3.86. The van der Waals surface area contributed by atoms with Crippen LogP contribution in [0, 0.1) is 0 Å². The Hall–Kier alpha value is -4.50. The van der Waals surface area contributed by atoms with Crippen LogP contribution in [0.2, 0.25) is 0 Å². The number of hydrazine groups is 1. The second-order valence-electron chi connectivity index (χ2n) is 8.12. The number of esters is 1. The Kier molecular flexibility index (Phi) is 6.35. The predicted octanol–water partition coefficient (Wildman–Crippen LogP) is 1.96. The minimum absolute atomic E-state index is 0.254. The zero-order valence-corrected chi connectivity index (χ0v) is 18.8.